The van der Waals surface area contributed by atoms with Crippen molar-refractivity contribution < 1.29 is 4.79 Å². The number of aromatic nitrogens is 3. The van der Waals surface area contributed by atoms with Crippen molar-refractivity contribution in [3.63, 3.8) is 0 Å². The number of hydrogen-bond donors (Lipinski definition) is 2. The van der Waals surface area contributed by atoms with E-state index in [4.69, 9.17) is 0 Å². The minimum absolute atomic E-state index is 0.189. The van der Waals surface area contributed by atoms with Crippen LogP contribution in [0.4, 0.5) is 16.2 Å². The van der Waals surface area contributed by atoms with Gasteiger partial charge in [-0.1, -0.05) is 32.8 Å². The van der Waals surface area contributed by atoms with E-state index in [1.165, 1.54) is 31.3 Å². The second kappa shape index (κ2) is 12.0. The molecule has 0 atom stereocenters. The fourth-order valence-electron chi connectivity index (χ4n) is 6.23. The van der Waals surface area contributed by atoms with Gasteiger partial charge in [0.1, 0.15) is 5.65 Å². The summed E-state index contributed by atoms with van der Waals surface area (Å²) in [6, 6.07) is 11.4. The molecule has 2 amide bonds. The smallest absolute Gasteiger partial charge is 0.320 e. The van der Waals surface area contributed by atoms with E-state index in [-0.39, 0.29) is 6.03 Å². The number of piperazine rings is 1. The first-order valence-corrected chi connectivity index (χ1v) is 15.6. The number of pyridine rings is 1. The Hall–Kier alpha value is -3.43. The van der Waals surface area contributed by atoms with Gasteiger partial charge in [0, 0.05) is 68.3 Å². The van der Waals surface area contributed by atoms with E-state index in [1.807, 2.05) is 42.6 Å². The van der Waals surface area contributed by atoms with Crippen LogP contribution in [0.15, 0.2) is 48.1 Å². The molecule has 9 heteroatoms. The molecule has 2 fully saturated rings. The molecule has 1 aromatic carbocycles. The highest BCUT2D eigenvalue weighted by Crippen LogP contribution is 2.32. The van der Waals surface area contributed by atoms with Crippen LogP contribution < -0.4 is 5.32 Å². The molecule has 2 aliphatic heterocycles. The number of nitrogens with one attached hydrogen (secondary N) is 2. The average molecular weight is 558 g/mol. The van der Waals surface area contributed by atoms with Gasteiger partial charge in [0.05, 0.1) is 21.4 Å². The number of amides is 2. The summed E-state index contributed by atoms with van der Waals surface area (Å²) in [4.78, 5) is 32.3. The highest BCUT2D eigenvalue weighted by Gasteiger charge is 2.30. The number of hydrogen-bond acceptors (Lipinski definition) is 6. The highest BCUT2D eigenvalue weighted by molar-refractivity contribution is 7.16. The van der Waals surface area contributed by atoms with E-state index in [0.29, 0.717) is 6.54 Å². The Bertz CT molecular complexity index is 1490. The minimum atomic E-state index is 0.189. The normalized spacial score (nSPS) is 18.6. The standard InChI is InChI=1S/C29H33N7OS.C2H6/c37-29(36-15-13-34(14-16-36)22-3-1-2-4-22)35-11-8-20(9-12-35)26-18-23-24(7-10-30-28(23)33-26)32-21-5-6-25-27(17-21)38-19-31-25;1-2/h5-8,10,17-19,22H,1-4,9,11-16H2,(H2,30,32,33);1-2H3. The van der Waals surface area contributed by atoms with E-state index >= 15 is 0 Å². The Balaban J connectivity index is 0.00000142. The molecule has 0 spiro atoms. The lowest BCUT2D eigenvalue weighted by atomic mass is 10.0. The zero-order valence-electron chi connectivity index (χ0n) is 23.5. The molecule has 7 rings (SSSR count). The number of urea groups is 1. The summed E-state index contributed by atoms with van der Waals surface area (Å²) in [6.45, 7) is 9.13. The number of fused-ring (bicyclic) bond motifs is 2. The van der Waals surface area contributed by atoms with Crippen molar-refractivity contribution in [3.05, 3.63) is 53.8 Å². The van der Waals surface area contributed by atoms with Gasteiger partial charge in [-0.05, 0) is 55.2 Å². The van der Waals surface area contributed by atoms with Crippen LogP contribution in [0.5, 0.6) is 0 Å². The molecule has 1 saturated heterocycles. The van der Waals surface area contributed by atoms with E-state index in [2.05, 4.69) is 54.3 Å². The van der Waals surface area contributed by atoms with Gasteiger partial charge >= 0.3 is 6.03 Å². The highest BCUT2D eigenvalue weighted by atomic mass is 32.1. The molecule has 40 heavy (non-hydrogen) atoms. The van der Waals surface area contributed by atoms with Crippen LogP contribution in [-0.2, 0) is 0 Å². The largest absolute Gasteiger partial charge is 0.355 e. The molecule has 0 unspecified atom stereocenters. The van der Waals surface area contributed by atoms with Crippen molar-refractivity contribution in [2.24, 2.45) is 0 Å². The number of thiazole rings is 1. The number of benzene rings is 1. The molecule has 0 bridgehead atoms. The number of anilines is 2. The quantitative estimate of drug-likeness (QED) is 0.291. The first kappa shape index (κ1) is 26.8. The van der Waals surface area contributed by atoms with Gasteiger partial charge in [-0.25, -0.2) is 14.8 Å². The maximum atomic E-state index is 13.2. The molecular weight excluding hydrogens is 518 g/mol. The first-order chi connectivity index (χ1) is 19.7. The average Bonchev–Trinajstić information content (AvgIpc) is 3.79. The monoisotopic (exact) mass is 557 g/mol. The third kappa shape index (κ3) is 5.45. The van der Waals surface area contributed by atoms with Crippen molar-refractivity contribution in [1.29, 1.82) is 0 Å². The summed E-state index contributed by atoms with van der Waals surface area (Å²) in [5, 5.41) is 4.62. The van der Waals surface area contributed by atoms with Gasteiger partial charge in [0.15, 0.2) is 0 Å². The van der Waals surface area contributed by atoms with Crippen LogP contribution in [0.3, 0.4) is 0 Å². The van der Waals surface area contributed by atoms with Crippen molar-refractivity contribution in [1.82, 2.24) is 29.7 Å². The number of nitrogens with zero attached hydrogens (tertiary/aromatic N) is 5. The van der Waals surface area contributed by atoms with Crippen molar-refractivity contribution in [3.8, 4) is 0 Å². The summed E-state index contributed by atoms with van der Waals surface area (Å²) < 4.78 is 1.16. The molecule has 4 aromatic rings. The van der Waals surface area contributed by atoms with Gasteiger partial charge in [-0.3, -0.25) is 4.90 Å². The number of carbonyl (C=O) groups excluding carboxylic acids is 1. The molecule has 8 nitrogen and oxygen atoms in total. The lowest BCUT2D eigenvalue weighted by Gasteiger charge is -2.40. The molecule has 5 heterocycles. The summed E-state index contributed by atoms with van der Waals surface area (Å²) in [5.74, 6) is 0. The maximum Gasteiger partial charge on any atom is 0.320 e. The molecule has 2 N–H and O–H groups in total. The van der Waals surface area contributed by atoms with Crippen molar-refractivity contribution in [2.75, 3.05) is 44.6 Å². The van der Waals surface area contributed by atoms with Gasteiger partial charge < -0.3 is 20.1 Å². The summed E-state index contributed by atoms with van der Waals surface area (Å²) >= 11 is 1.64. The van der Waals surface area contributed by atoms with Gasteiger partial charge in [-0.15, -0.1) is 11.3 Å². The minimum Gasteiger partial charge on any atom is -0.355 e. The van der Waals surface area contributed by atoms with Gasteiger partial charge in [0.2, 0.25) is 0 Å². The van der Waals surface area contributed by atoms with Crippen LogP contribution in [0.25, 0.3) is 26.8 Å². The molecule has 1 aliphatic carbocycles. The van der Waals surface area contributed by atoms with E-state index in [9.17, 15) is 4.79 Å². The second-order valence-electron chi connectivity index (χ2n) is 10.6. The molecule has 3 aromatic heterocycles. The summed E-state index contributed by atoms with van der Waals surface area (Å²) in [7, 11) is 0. The fourth-order valence-corrected chi connectivity index (χ4v) is 6.95. The molecule has 0 radical (unpaired) electrons. The third-order valence-corrected chi connectivity index (χ3v) is 9.19. The number of rotatable bonds is 4. The predicted octanol–water partition coefficient (Wildman–Crippen LogP) is 6.71. The van der Waals surface area contributed by atoms with Crippen LogP contribution in [0.2, 0.25) is 0 Å². The van der Waals surface area contributed by atoms with Crippen LogP contribution in [0, 0.1) is 0 Å². The number of aromatic amines is 1. The topological polar surface area (TPSA) is 80.4 Å². The Morgan fingerprint density at radius 3 is 2.60 bits per heavy atom. The Labute approximate surface area is 240 Å². The van der Waals surface area contributed by atoms with Crippen LogP contribution >= 0.6 is 11.3 Å². The van der Waals surface area contributed by atoms with E-state index in [1.54, 1.807) is 11.3 Å². The second-order valence-corrected chi connectivity index (χ2v) is 11.5. The van der Waals surface area contributed by atoms with Crippen molar-refractivity contribution in [2.45, 2.75) is 52.0 Å². The summed E-state index contributed by atoms with van der Waals surface area (Å²) in [5.41, 5.74) is 8.14. The van der Waals surface area contributed by atoms with Crippen molar-refractivity contribution >= 4 is 55.6 Å². The zero-order valence-corrected chi connectivity index (χ0v) is 24.3. The van der Waals surface area contributed by atoms with E-state index in [0.717, 1.165) is 83.5 Å². The zero-order chi connectivity index (χ0) is 27.5. The molecule has 1 saturated carbocycles. The summed E-state index contributed by atoms with van der Waals surface area (Å²) in [6.07, 6.45) is 10.3. The third-order valence-electron chi connectivity index (χ3n) is 8.39. The molecular formula is C31H39N7OS. The van der Waals surface area contributed by atoms with Gasteiger partial charge in [-0.2, -0.15) is 0 Å². The first-order valence-electron chi connectivity index (χ1n) is 14.8. The number of H-pyrrole nitrogens is 1. The van der Waals surface area contributed by atoms with Crippen LogP contribution in [0.1, 0.15) is 51.6 Å². The SMILES string of the molecule is CC.O=C(N1CC=C(c2cc3c(Nc4ccc5ncsc5c4)ccnc3[nH]2)CC1)N1CCN(C2CCCC2)CC1. The van der Waals surface area contributed by atoms with Gasteiger partial charge in [0.25, 0.3) is 0 Å². The van der Waals surface area contributed by atoms with Crippen LogP contribution in [-0.4, -0.2) is 81.0 Å². The maximum absolute atomic E-state index is 13.2. The molecule has 3 aliphatic rings. The Kier molecular flexibility index (Phi) is 8.02. The lowest BCUT2D eigenvalue weighted by Crippen LogP contribution is -2.55. The Morgan fingerprint density at radius 1 is 1.00 bits per heavy atom. The molecule has 210 valence electrons. The fraction of sp³-hybridized carbons (Fsp3) is 0.452. The Morgan fingerprint density at radius 2 is 1.82 bits per heavy atom. The predicted molar refractivity (Wildman–Crippen MR) is 165 cm³/mol. The van der Waals surface area contributed by atoms with E-state index < -0.39 is 0 Å². The lowest BCUT2D eigenvalue weighted by molar-refractivity contribution is 0.0936. The number of carbonyl (C=O) groups is 1.